The van der Waals surface area contributed by atoms with E-state index in [1.54, 1.807) is 7.05 Å². The minimum Gasteiger partial charge on any atom is -0.408 e. The van der Waals surface area contributed by atoms with Crippen LogP contribution in [0.25, 0.3) is 11.1 Å². The molecular weight excluding hydrogens is 309 g/mol. The van der Waals surface area contributed by atoms with Crippen molar-refractivity contribution in [2.45, 2.75) is 11.8 Å². The van der Waals surface area contributed by atoms with Gasteiger partial charge in [-0.25, -0.2) is 4.79 Å². The fourth-order valence-corrected chi connectivity index (χ4v) is 2.86. The van der Waals surface area contributed by atoms with Gasteiger partial charge in [0, 0.05) is 12.1 Å². The second-order valence-electron chi connectivity index (χ2n) is 4.96. The van der Waals surface area contributed by atoms with E-state index in [1.165, 1.54) is 4.57 Å². The Morgan fingerprint density at radius 1 is 1.24 bits per heavy atom. The van der Waals surface area contributed by atoms with Gasteiger partial charge < -0.3 is 4.42 Å². The summed E-state index contributed by atoms with van der Waals surface area (Å²) >= 11 is 12.4. The maximum atomic E-state index is 11.5. The molecule has 0 saturated heterocycles. The lowest BCUT2D eigenvalue weighted by atomic mass is 10.0. The van der Waals surface area contributed by atoms with Crippen molar-refractivity contribution in [3.8, 4) is 0 Å². The third-order valence-electron chi connectivity index (χ3n) is 3.48. The molecule has 5 heteroatoms. The van der Waals surface area contributed by atoms with Crippen LogP contribution in [0.2, 0.25) is 5.02 Å². The highest BCUT2D eigenvalue weighted by Crippen LogP contribution is 2.28. The van der Waals surface area contributed by atoms with E-state index in [0.29, 0.717) is 17.0 Å². The van der Waals surface area contributed by atoms with Crippen LogP contribution in [-0.2, 0) is 13.5 Å². The zero-order valence-electron chi connectivity index (χ0n) is 11.3. The second-order valence-corrected chi connectivity index (χ2v) is 5.92. The van der Waals surface area contributed by atoms with Gasteiger partial charge in [0.05, 0.1) is 10.9 Å². The van der Waals surface area contributed by atoms with Crippen molar-refractivity contribution < 1.29 is 4.42 Å². The largest absolute Gasteiger partial charge is 0.419 e. The van der Waals surface area contributed by atoms with Crippen LogP contribution < -0.4 is 5.76 Å². The Labute approximate surface area is 131 Å². The standard InChI is InChI=1S/C16H13Cl2NO2/c1-19-14-6-5-11(9-15(14)21-16(19)20)13(18)8-10-3-2-4-12(17)7-10/h2-7,9,13H,8H2,1H3. The van der Waals surface area contributed by atoms with Gasteiger partial charge in [0.25, 0.3) is 0 Å². The van der Waals surface area contributed by atoms with E-state index < -0.39 is 0 Å². The van der Waals surface area contributed by atoms with Crippen LogP contribution in [0.15, 0.2) is 51.7 Å². The van der Waals surface area contributed by atoms with Crippen LogP contribution in [0.1, 0.15) is 16.5 Å². The van der Waals surface area contributed by atoms with E-state index in [-0.39, 0.29) is 11.1 Å². The molecule has 0 saturated carbocycles. The van der Waals surface area contributed by atoms with E-state index in [1.807, 2.05) is 42.5 Å². The zero-order chi connectivity index (χ0) is 15.0. The second kappa shape index (κ2) is 5.58. The summed E-state index contributed by atoms with van der Waals surface area (Å²) in [7, 11) is 1.68. The fourth-order valence-electron chi connectivity index (χ4n) is 2.33. The highest BCUT2D eigenvalue weighted by Gasteiger charge is 2.13. The molecule has 1 unspecified atom stereocenters. The summed E-state index contributed by atoms with van der Waals surface area (Å²) in [5, 5.41) is 0.485. The van der Waals surface area contributed by atoms with E-state index in [0.717, 1.165) is 16.6 Å². The first kappa shape index (κ1) is 14.2. The number of halogens is 2. The Morgan fingerprint density at radius 2 is 2.05 bits per heavy atom. The summed E-state index contributed by atoms with van der Waals surface area (Å²) < 4.78 is 6.66. The average Bonchev–Trinajstić information content (AvgIpc) is 2.73. The first-order valence-electron chi connectivity index (χ1n) is 6.52. The number of oxazole rings is 1. The number of alkyl halides is 1. The molecule has 0 bridgehead atoms. The molecule has 1 heterocycles. The number of fused-ring (bicyclic) bond motifs is 1. The molecule has 3 aromatic rings. The molecule has 3 rings (SSSR count). The first-order valence-corrected chi connectivity index (χ1v) is 7.34. The van der Waals surface area contributed by atoms with Crippen molar-refractivity contribution in [1.82, 2.24) is 4.57 Å². The van der Waals surface area contributed by atoms with E-state index >= 15 is 0 Å². The van der Waals surface area contributed by atoms with E-state index in [9.17, 15) is 4.79 Å². The number of hydrogen-bond acceptors (Lipinski definition) is 2. The molecular formula is C16H13Cl2NO2. The topological polar surface area (TPSA) is 35.1 Å². The summed E-state index contributed by atoms with van der Waals surface area (Å²) in [6.45, 7) is 0. The number of nitrogens with zero attached hydrogens (tertiary/aromatic N) is 1. The number of aromatic nitrogens is 1. The third kappa shape index (κ3) is 2.85. The van der Waals surface area contributed by atoms with Crippen LogP contribution in [0, 0.1) is 0 Å². The lowest BCUT2D eigenvalue weighted by molar-refractivity contribution is 0.528. The van der Waals surface area contributed by atoms with Gasteiger partial charge in [0.15, 0.2) is 5.58 Å². The zero-order valence-corrected chi connectivity index (χ0v) is 12.9. The summed E-state index contributed by atoms with van der Waals surface area (Å²) in [6, 6.07) is 13.2. The lowest BCUT2D eigenvalue weighted by Crippen LogP contribution is -2.08. The molecule has 0 aliphatic heterocycles. The Kier molecular flexibility index (Phi) is 3.79. The Hall–Kier alpha value is -1.71. The van der Waals surface area contributed by atoms with Gasteiger partial charge in [-0.2, -0.15) is 0 Å². The SMILES string of the molecule is Cn1c(=O)oc2cc(C(Cl)Cc3cccc(Cl)c3)ccc21. The summed E-state index contributed by atoms with van der Waals surface area (Å²) in [6.07, 6.45) is 0.657. The number of rotatable bonds is 3. The van der Waals surface area contributed by atoms with Crippen molar-refractivity contribution in [3.63, 3.8) is 0 Å². The summed E-state index contributed by atoms with van der Waals surface area (Å²) in [5.74, 6) is -0.372. The summed E-state index contributed by atoms with van der Waals surface area (Å²) in [4.78, 5) is 11.5. The van der Waals surface area contributed by atoms with Gasteiger partial charge in [0.2, 0.25) is 0 Å². The molecule has 108 valence electrons. The number of benzene rings is 2. The minimum absolute atomic E-state index is 0.210. The minimum atomic E-state index is -0.372. The van der Waals surface area contributed by atoms with E-state index in [2.05, 4.69) is 0 Å². The van der Waals surface area contributed by atoms with Gasteiger partial charge in [0.1, 0.15) is 0 Å². The molecule has 0 N–H and O–H groups in total. The molecule has 0 aliphatic rings. The molecule has 0 aliphatic carbocycles. The summed E-state index contributed by atoms with van der Waals surface area (Å²) in [5.41, 5.74) is 3.29. The molecule has 0 amide bonds. The molecule has 21 heavy (non-hydrogen) atoms. The predicted molar refractivity (Wildman–Crippen MR) is 85.2 cm³/mol. The van der Waals surface area contributed by atoms with Crippen molar-refractivity contribution in [1.29, 1.82) is 0 Å². The normalized spacial score (nSPS) is 12.7. The first-order chi connectivity index (χ1) is 10.0. The Morgan fingerprint density at radius 3 is 2.81 bits per heavy atom. The van der Waals surface area contributed by atoms with Crippen molar-refractivity contribution in [2.75, 3.05) is 0 Å². The van der Waals surface area contributed by atoms with Gasteiger partial charge in [-0.15, -0.1) is 11.6 Å². The Balaban J connectivity index is 1.91. The maximum absolute atomic E-state index is 11.5. The van der Waals surface area contributed by atoms with Crippen molar-refractivity contribution >= 4 is 34.3 Å². The van der Waals surface area contributed by atoms with Crippen LogP contribution in [-0.4, -0.2) is 4.57 Å². The van der Waals surface area contributed by atoms with E-state index in [4.69, 9.17) is 27.6 Å². The number of hydrogen-bond donors (Lipinski definition) is 0. The van der Waals surface area contributed by atoms with Gasteiger partial charge in [-0.1, -0.05) is 29.8 Å². The third-order valence-corrected chi connectivity index (χ3v) is 4.12. The van der Waals surface area contributed by atoms with Gasteiger partial charge in [-0.05, 0) is 41.8 Å². The predicted octanol–water partition coefficient (Wildman–Crippen LogP) is 4.31. The van der Waals surface area contributed by atoms with Crippen molar-refractivity contribution in [2.24, 2.45) is 7.05 Å². The van der Waals surface area contributed by atoms with Crippen molar-refractivity contribution in [3.05, 3.63) is 69.2 Å². The van der Waals surface area contributed by atoms with Crippen LogP contribution in [0.3, 0.4) is 0 Å². The number of aryl methyl sites for hydroxylation is 1. The smallest absolute Gasteiger partial charge is 0.408 e. The molecule has 0 radical (unpaired) electrons. The molecule has 1 aromatic heterocycles. The van der Waals surface area contributed by atoms with Crippen LogP contribution in [0.5, 0.6) is 0 Å². The molecule has 1 atom stereocenters. The molecule has 0 fully saturated rings. The highest BCUT2D eigenvalue weighted by atomic mass is 35.5. The quantitative estimate of drug-likeness (QED) is 0.674. The highest BCUT2D eigenvalue weighted by molar-refractivity contribution is 6.30. The lowest BCUT2D eigenvalue weighted by Gasteiger charge is -2.10. The fraction of sp³-hybridized carbons (Fsp3) is 0.188. The van der Waals surface area contributed by atoms with Gasteiger partial charge >= 0.3 is 5.76 Å². The maximum Gasteiger partial charge on any atom is 0.419 e. The molecule has 0 spiro atoms. The Bertz CT molecular complexity index is 851. The molecule has 3 nitrogen and oxygen atoms in total. The van der Waals surface area contributed by atoms with Crippen LogP contribution >= 0.6 is 23.2 Å². The van der Waals surface area contributed by atoms with Gasteiger partial charge in [-0.3, -0.25) is 4.57 Å². The monoisotopic (exact) mass is 321 g/mol. The molecule has 2 aromatic carbocycles. The van der Waals surface area contributed by atoms with Crippen LogP contribution in [0.4, 0.5) is 0 Å². The average molecular weight is 322 g/mol.